The fourth-order valence-corrected chi connectivity index (χ4v) is 8.93. The van der Waals surface area contributed by atoms with Crippen LogP contribution >= 0.6 is 0 Å². The second kappa shape index (κ2) is 22.2. The second-order valence-corrected chi connectivity index (χ2v) is 16.4. The van der Waals surface area contributed by atoms with Crippen molar-refractivity contribution in [3.63, 3.8) is 0 Å². The molecule has 0 bridgehead atoms. The van der Waals surface area contributed by atoms with Crippen molar-refractivity contribution in [2.45, 2.75) is 34.1 Å². The van der Waals surface area contributed by atoms with Crippen molar-refractivity contribution in [1.82, 2.24) is 19.6 Å². The highest BCUT2D eigenvalue weighted by Crippen LogP contribution is 2.40. The summed E-state index contributed by atoms with van der Waals surface area (Å²) in [7, 11) is 0. The maximum atomic E-state index is 11.4. The quantitative estimate of drug-likeness (QED) is 0.0919. The fraction of sp³-hybridized carbons (Fsp3) is 0.0794. The number of hydrogen-bond donors (Lipinski definition) is 1. The molecular weight excluding hydrogens is 861 g/mol. The van der Waals surface area contributed by atoms with Crippen molar-refractivity contribution < 1.29 is 14.7 Å². The van der Waals surface area contributed by atoms with Crippen LogP contribution in [0.3, 0.4) is 0 Å². The highest BCUT2D eigenvalue weighted by atomic mass is 16.4. The highest BCUT2D eigenvalue weighted by molar-refractivity contribution is 5.88. The Hall–Kier alpha value is -8.94. The van der Waals surface area contributed by atoms with Gasteiger partial charge in [0.05, 0.1) is 22.8 Å². The number of hydrogen-bond acceptors (Lipinski definition) is 4. The summed E-state index contributed by atoms with van der Waals surface area (Å²) in [6.45, 7) is 4.33. The van der Waals surface area contributed by atoms with Crippen molar-refractivity contribution in [3.8, 4) is 78.4 Å². The third kappa shape index (κ3) is 10.1. The number of nitrogens with zero attached hydrogens (tertiary/aromatic N) is 4. The molecular formula is C63H54N4O3. The molecule has 0 radical (unpaired) electrons. The zero-order chi connectivity index (χ0) is 47.5. The van der Waals surface area contributed by atoms with E-state index in [1.165, 1.54) is 0 Å². The lowest BCUT2D eigenvalue weighted by atomic mass is 9.97. The van der Waals surface area contributed by atoms with E-state index in [2.05, 4.69) is 120 Å². The van der Waals surface area contributed by atoms with Crippen LogP contribution < -0.4 is 0 Å². The van der Waals surface area contributed by atoms with Crippen molar-refractivity contribution >= 4 is 18.3 Å². The van der Waals surface area contributed by atoms with Gasteiger partial charge < -0.3 is 5.11 Å². The van der Waals surface area contributed by atoms with E-state index in [0.717, 1.165) is 121 Å². The second-order valence-electron chi connectivity index (χ2n) is 16.4. The van der Waals surface area contributed by atoms with Crippen LogP contribution in [0.25, 0.3) is 84.5 Å². The molecule has 1 N–H and O–H groups in total. The summed E-state index contributed by atoms with van der Waals surface area (Å²) in [4.78, 5) is 22.4. The van der Waals surface area contributed by atoms with Crippen LogP contribution in [0.5, 0.6) is 0 Å². The van der Waals surface area contributed by atoms with Gasteiger partial charge in [-0.1, -0.05) is 215 Å². The van der Waals surface area contributed by atoms with Gasteiger partial charge in [-0.3, -0.25) is 4.79 Å². The average molecular weight is 915 g/mol. The molecule has 0 unspecified atom stereocenters. The standard InChI is InChI=1S/C32H26N2O2.C30H24N2O.CH4/c1-2-28-31(24-13-5-3-6-14-24)32(25-15-7-4-8-16-25)33-34(28)29-19-10-9-18-27(29)26-17-11-12-23(22-26)20-21-30(35)36;1-2-27-29(23-13-5-3-6-14-23)30(24-15-7-4-8-16-24)31-32(27)28-19-10-9-18-26(28)25-17-11-12-22(20-25)21-33;/h3-22H,2H2,1H3,(H,35,36);3-21H,2H2,1H3;1H4/b21-20+;;. The van der Waals surface area contributed by atoms with Gasteiger partial charge in [0.2, 0.25) is 0 Å². The SMILES string of the molecule is C.CCc1c(-c2ccccc2)c(-c2ccccc2)nn1-c1ccccc1-c1cccc(/C=C/C(=O)O)c1.CCc1c(-c2ccccc2)c(-c2ccccc2)nn1-c1ccccc1-c1cccc(C=O)c1. The summed E-state index contributed by atoms with van der Waals surface area (Å²) >= 11 is 0. The van der Waals surface area contributed by atoms with Crippen LogP contribution in [0.15, 0.2) is 224 Å². The molecule has 8 aromatic carbocycles. The van der Waals surface area contributed by atoms with Crippen molar-refractivity contribution in [2.75, 3.05) is 0 Å². The lowest BCUT2D eigenvalue weighted by Gasteiger charge is -2.14. The topological polar surface area (TPSA) is 90.0 Å². The predicted molar refractivity (Wildman–Crippen MR) is 287 cm³/mol. The number of aliphatic carboxylic acids is 1. The van der Waals surface area contributed by atoms with Gasteiger partial charge in [-0.2, -0.15) is 10.2 Å². The van der Waals surface area contributed by atoms with Gasteiger partial charge in [0.15, 0.2) is 0 Å². The van der Waals surface area contributed by atoms with E-state index in [1.807, 2.05) is 121 Å². The van der Waals surface area contributed by atoms with Gasteiger partial charge in [-0.25, -0.2) is 14.2 Å². The minimum absolute atomic E-state index is 0. The molecule has 10 rings (SSSR count). The monoisotopic (exact) mass is 914 g/mol. The van der Waals surface area contributed by atoms with E-state index >= 15 is 0 Å². The molecule has 7 nitrogen and oxygen atoms in total. The van der Waals surface area contributed by atoms with Crippen LogP contribution in [0.1, 0.15) is 48.6 Å². The first kappa shape index (κ1) is 47.5. The molecule has 0 fully saturated rings. The maximum Gasteiger partial charge on any atom is 0.328 e. The molecule has 7 heteroatoms. The Morgan fingerprint density at radius 2 is 0.814 bits per heavy atom. The van der Waals surface area contributed by atoms with E-state index in [4.69, 9.17) is 15.3 Å². The first-order chi connectivity index (χ1) is 33.9. The molecule has 0 saturated carbocycles. The zero-order valence-electron chi connectivity index (χ0n) is 38.5. The maximum absolute atomic E-state index is 11.4. The zero-order valence-corrected chi connectivity index (χ0v) is 38.5. The number of carboxylic acid groups (broad SMARTS) is 1. The van der Waals surface area contributed by atoms with Crippen LogP contribution in [0.4, 0.5) is 0 Å². The molecule has 0 aliphatic rings. The summed E-state index contributed by atoms with van der Waals surface area (Å²) in [5, 5.41) is 19.4. The van der Waals surface area contributed by atoms with Crippen LogP contribution in [0.2, 0.25) is 0 Å². The molecule has 0 aliphatic heterocycles. The summed E-state index contributed by atoms with van der Waals surface area (Å²) in [5.74, 6) is -0.966. The van der Waals surface area contributed by atoms with E-state index in [0.29, 0.717) is 5.56 Å². The Morgan fingerprint density at radius 3 is 1.21 bits per heavy atom. The molecule has 0 saturated heterocycles. The Bertz CT molecular complexity index is 3390. The van der Waals surface area contributed by atoms with Gasteiger partial charge in [0.1, 0.15) is 17.7 Å². The molecule has 2 heterocycles. The number of benzene rings is 8. The third-order valence-electron chi connectivity index (χ3n) is 12.1. The van der Waals surface area contributed by atoms with E-state index < -0.39 is 5.97 Å². The summed E-state index contributed by atoms with van der Waals surface area (Å²) in [5.41, 5.74) is 18.5. The Morgan fingerprint density at radius 1 is 0.457 bits per heavy atom. The summed E-state index contributed by atoms with van der Waals surface area (Å²) in [6, 6.07) is 73.6. The van der Waals surface area contributed by atoms with Gasteiger partial charge in [0, 0.05) is 45.0 Å². The third-order valence-corrected chi connectivity index (χ3v) is 12.1. The molecule has 344 valence electrons. The first-order valence-electron chi connectivity index (χ1n) is 23.2. The molecule has 0 amide bonds. The van der Waals surface area contributed by atoms with Crippen LogP contribution in [-0.4, -0.2) is 36.9 Å². The fourth-order valence-electron chi connectivity index (χ4n) is 8.93. The molecule has 70 heavy (non-hydrogen) atoms. The van der Waals surface area contributed by atoms with Gasteiger partial charge in [0.25, 0.3) is 0 Å². The average Bonchev–Trinajstić information content (AvgIpc) is 4.01. The number of carbonyl (C=O) groups excluding carboxylic acids is 1. The van der Waals surface area contributed by atoms with E-state index in [1.54, 1.807) is 6.08 Å². The number of aromatic nitrogens is 4. The van der Waals surface area contributed by atoms with Crippen molar-refractivity contribution in [2.24, 2.45) is 0 Å². The van der Waals surface area contributed by atoms with Gasteiger partial charge in [-0.15, -0.1) is 0 Å². The van der Waals surface area contributed by atoms with Crippen LogP contribution in [-0.2, 0) is 17.6 Å². The lowest BCUT2D eigenvalue weighted by molar-refractivity contribution is -0.131. The largest absolute Gasteiger partial charge is 0.478 e. The molecule has 10 aromatic rings. The highest BCUT2D eigenvalue weighted by Gasteiger charge is 2.24. The van der Waals surface area contributed by atoms with E-state index in [9.17, 15) is 9.59 Å². The Labute approximate surface area is 410 Å². The number of carbonyl (C=O) groups is 2. The van der Waals surface area contributed by atoms with E-state index in [-0.39, 0.29) is 7.43 Å². The van der Waals surface area contributed by atoms with Gasteiger partial charge >= 0.3 is 5.97 Å². The smallest absolute Gasteiger partial charge is 0.328 e. The Kier molecular flexibility index (Phi) is 15.1. The van der Waals surface area contributed by atoms with Crippen LogP contribution in [0, 0.1) is 0 Å². The molecule has 0 aliphatic carbocycles. The predicted octanol–water partition coefficient (Wildman–Crippen LogP) is 15.4. The number of para-hydroxylation sites is 2. The minimum Gasteiger partial charge on any atom is -0.478 e. The minimum atomic E-state index is -0.966. The lowest BCUT2D eigenvalue weighted by Crippen LogP contribution is -2.04. The molecule has 2 aromatic heterocycles. The first-order valence-corrected chi connectivity index (χ1v) is 23.2. The summed E-state index contributed by atoms with van der Waals surface area (Å²) in [6.07, 6.45) is 5.29. The molecule has 0 spiro atoms. The Balaban J connectivity index is 0.000000186. The molecule has 0 atom stereocenters. The number of rotatable bonds is 13. The number of carboxylic acids is 1. The summed E-state index contributed by atoms with van der Waals surface area (Å²) < 4.78 is 4.15. The number of aldehydes is 1. The normalized spacial score (nSPS) is 10.8. The van der Waals surface area contributed by atoms with Crippen molar-refractivity contribution in [1.29, 1.82) is 0 Å². The van der Waals surface area contributed by atoms with Crippen molar-refractivity contribution in [3.05, 3.63) is 247 Å². The van der Waals surface area contributed by atoms with Gasteiger partial charge in [-0.05, 0) is 71.0 Å².